The van der Waals surface area contributed by atoms with Gasteiger partial charge in [0.2, 0.25) is 5.91 Å². The van der Waals surface area contributed by atoms with Gasteiger partial charge in [-0.2, -0.15) is 0 Å². The molecule has 0 aliphatic carbocycles. The van der Waals surface area contributed by atoms with E-state index in [1.54, 1.807) is 18.2 Å². The van der Waals surface area contributed by atoms with Crippen LogP contribution in [0.5, 0.6) is 5.75 Å². The largest absolute Gasteiger partial charge is 0.494 e. The van der Waals surface area contributed by atoms with Crippen molar-refractivity contribution in [3.63, 3.8) is 0 Å². The number of likely N-dealkylation sites (tertiary alicyclic amines) is 2. The molecule has 4 aliphatic heterocycles. The number of rotatable bonds is 10. The van der Waals surface area contributed by atoms with Crippen LogP contribution in [0, 0.1) is 0 Å². The molecule has 3 atom stereocenters. The summed E-state index contributed by atoms with van der Waals surface area (Å²) >= 11 is 12.9. The van der Waals surface area contributed by atoms with Crippen LogP contribution in [0.3, 0.4) is 0 Å². The van der Waals surface area contributed by atoms with Crippen LogP contribution in [0.25, 0.3) is 0 Å². The van der Waals surface area contributed by atoms with E-state index in [1.165, 1.54) is 31.9 Å². The first-order valence-corrected chi connectivity index (χ1v) is 17.5. The second-order valence-electron chi connectivity index (χ2n) is 12.8. The number of carbonyl (C=O) groups excluding carboxylic acids is 1. The van der Waals surface area contributed by atoms with Crippen LogP contribution in [-0.2, 0) is 9.63 Å². The van der Waals surface area contributed by atoms with Gasteiger partial charge in [-0.3, -0.25) is 19.4 Å². The predicted octanol–water partition coefficient (Wildman–Crippen LogP) is 6.29. The van der Waals surface area contributed by atoms with Crippen LogP contribution >= 0.6 is 23.2 Å². The second-order valence-corrected chi connectivity index (χ2v) is 13.6. The molecule has 3 aromatic rings. The third kappa shape index (κ3) is 6.42. The number of benzene rings is 2. The summed E-state index contributed by atoms with van der Waals surface area (Å²) in [6.45, 7) is 11.8. The summed E-state index contributed by atoms with van der Waals surface area (Å²) < 4.78 is 5.88. The van der Waals surface area contributed by atoms with Crippen LogP contribution in [0.1, 0.15) is 44.2 Å². The number of hydroxylamine groups is 1. The lowest BCUT2D eigenvalue weighted by atomic mass is 10.0. The Kier molecular flexibility index (Phi) is 9.66. The average Bonchev–Trinajstić information content (AvgIpc) is 3.87. The molecule has 1 amide bonds. The fourth-order valence-electron chi connectivity index (χ4n) is 7.86. The van der Waals surface area contributed by atoms with Crippen molar-refractivity contribution in [2.75, 3.05) is 67.0 Å². The quantitative estimate of drug-likeness (QED) is 0.236. The fraction of sp³-hybridized carbons (Fsp3) is 0.457. The van der Waals surface area contributed by atoms with Gasteiger partial charge in [0.25, 0.3) is 0 Å². The third-order valence-electron chi connectivity index (χ3n) is 10.2. The SMILES string of the molecule is C=CC(=O)Nc1cc(Nc2cc(N3OCC[C@@H]3c3cccc(Cl)c3Cl)ncn2)c(OC)cc1N1CCC(N2C[C@@H]3C[C@H]2CN3CC)CC1. The number of nitrogens with one attached hydrogen (secondary N) is 2. The van der Waals surface area contributed by atoms with Crippen molar-refractivity contribution >= 4 is 57.8 Å². The van der Waals surface area contributed by atoms with Crippen molar-refractivity contribution in [1.29, 1.82) is 0 Å². The number of amides is 1. The van der Waals surface area contributed by atoms with E-state index in [1.807, 2.05) is 30.3 Å². The summed E-state index contributed by atoms with van der Waals surface area (Å²) in [6.07, 6.45) is 6.94. The predicted molar refractivity (Wildman–Crippen MR) is 191 cm³/mol. The number of nitrogens with zero attached hydrogens (tertiary/aromatic N) is 6. The van der Waals surface area contributed by atoms with E-state index >= 15 is 0 Å². The van der Waals surface area contributed by atoms with Gasteiger partial charge in [-0.05, 0) is 49.6 Å². The Hall–Kier alpha value is -3.61. The van der Waals surface area contributed by atoms with Gasteiger partial charge in [-0.1, -0.05) is 48.8 Å². The highest BCUT2D eigenvalue weighted by molar-refractivity contribution is 6.42. The number of hydrogen-bond donors (Lipinski definition) is 2. The average molecular weight is 694 g/mol. The number of hydrogen-bond acceptors (Lipinski definition) is 10. The Labute approximate surface area is 291 Å². The zero-order valence-corrected chi connectivity index (χ0v) is 28.9. The van der Waals surface area contributed by atoms with Crippen molar-refractivity contribution in [3.8, 4) is 5.75 Å². The van der Waals surface area contributed by atoms with Gasteiger partial charge in [0.05, 0.1) is 46.9 Å². The van der Waals surface area contributed by atoms with Crippen LogP contribution in [0.4, 0.5) is 28.7 Å². The Morgan fingerprint density at radius 3 is 2.65 bits per heavy atom. The van der Waals surface area contributed by atoms with E-state index in [2.05, 4.69) is 48.8 Å². The maximum absolute atomic E-state index is 12.6. The lowest BCUT2D eigenvalue weighted by Crippen LogP contribution is -2.53. The molecule has 0 saturated carbocycles. The van der Waals surface area contributed by atoms with Crippen LogP contribution < -0.4 is 25.3 Å². The first-order chi connectivity index (χ1) is 23.4. The van der Waals surface area contributed by atoms with Crippen molar-refractivity contribution < 1.29 is 14.4 Å². The molecular weight excluding hydrogens is 651 g/mol. The van der Waals surface area contributed by atoms with Crippen LogP contribution in [0.15, 0.2) is 55.4 Å². The first-order valence-electron chi connectivity index (χ1n) is 16.7. The van der Waals surface area contributed by atoms with Gasteiger partial charge in [-0.25, -0.2) is 15.0 Å². The number of aromatic nitrogens is 2. The maximum atomic E-state index is 12.6. The Balaban J connectivity index is 1.10. The van der Waals surface area contributed by atoms with E-state index in [9.17, 15) is 4.79 Å². The Bertz CT molecular complexity index is 1670. The Morgan fingerprint density at radius 2 is 1.92 bits per heavy atom. The van der Waals surface area contributed by atoms with E-state index in [4.69, 9.17) is 32.8 Å². The molecule has 1 aromatic heterocycles. The topological polar surface area (TPSA) is 98.3 Å². The second kappa shape index (κ2) is 14.1. The standard InChI is InChI=1S/C35H42Cl2N8O3/c1-4-34(46)41-27-16-28(40-32-18-33(39-21-38-32)45-29(11-14-48-45)25-7-6-8-26(36)35(25)37)31(47-3)17-30(27)43-12-9-22(10-13-43)44-20-23-15-24(44)19-42(23)5-2/h4,6-8,16-18,21-24,29H,1,5,9-15,19-20H2,2-3H3,(H,41,46)(H,38,39,40)/t23-,24-,29+/m0/s1. The molecule has 4 aliphatic rings. The molecule has 13 heteroatoms. The highest BCUT2D eigenvalue weighted by Gasteiger charge is 2.45. The molecule has 0 unspecified atom stereocenters. The minimum Gasteiger partial charge on any atom is -0.494 e. The van der Waals surface area contributed by atoms with E-state index in [0.717, 1.165) is 50.1 Å². The number of anilines is 5. The minimum atomic E-state index is -0.281. The van der Waals surface area contributed by atoms with Crippen molar-refractivity contribution in [1.82, 2.24) is 19.8 Å². The maximum Gasteiger partial charge on any atom is 0.247 e. The van der Waals surface area contributed by atoms with Crippen LogP contribution in [-0.4, -0.2) is 90.2 Å². The minimum absolute atomic E-state index is 0.163. The number of likely N-dealkylation sites (N-methyl/N-ethyl adjacent to an activating group) is 1. The molecule has 2 N–H and O–H groups in total. The van der Waals surface area contributed by atoms with E-state index < -0.39 is 0 Å². The molecule has 2 aromatic carbocycles. The molecule has 2 bridgehead atoms. The molecule has 254 valence electrons. The normalized spacial score (nSPS) is 23.1. The molecule has 11 nitrogen and oxygen atoms in total. The lowest BCUT2D eigenvalue weighted by molar-refractivity contribution is -0.111. The molecule has 4 fully saturated rings. The summed E-state index contributed by atoms with van der Waals surface area (Å²) in [5.41, 5.74) is 3.11. The number of piperazine rings is 1. The van der Waals surface area contributed by atoms with Crippen molar-refractivity contribution in [3.05, 3.63) is 71.0 Å². The summed E-state index contributed by atoms with van der Waals surface area (Å²) in [6, 6.07) is 13.1. The molecule has 5 heterocycles. The number of carbonyl (C=O) groups is 1. The number of methoxy groups -OCH3 is 1. The zero-order valence-electron chi connectivity index (χ0n) is 27.4. The molecule has 7 rings (SSSR count). The van der Waals surface area contributed by atoms with Gasteiger partial charge in [0.15, 0.2) is 5.82 Å². The molecule has 0 spiro atoms. The number of piperidine rings is 1. The highest BCUT2D eigenvalue weighted by atomic mass is 35.5. The fourth-order valence-corrected chi connectivity index (χ4v) is 8.30. The summed E-state index contributed by atoms with van der Waals surface area (Å²) in [7, 11) is 1.64. The number of halogens is 2. The van der Waals surface area contributed by atoms with Gasteiger partial charge < -0.3 is 20.3 Å². The third-order valence-corrected chi connectivity index (χ3v) is 11.1. The van der Waals surface area contributed by atoms with E-state index in [0.29, 0.717) is 63.5 Å². The van der Waals surface area contributed by atoms with Gasteiger partial charge in [0.1, 0.15) is 17.9 Å². The first kappa shape index (κ1) is 32.9. The molecule has 0 radical (unpaired) electrons. The van der Waals surface area contributed by atoms with Gasteiger partial charge in [-0.15, -0.1) is 0 Å². The lowest BCUT2D eigenvalue weighted by Gasteiger charge is -2.43. The number of ether oxygens (including phenoxy) is 1. The highest BCUT2D eigenvalue weighted by Crippen LogP contribution is 2.43. The van der Waals surface area contributed by atoms with Gasteiger partial charge >= 0.3 is 0 Å². The molecule has 48 heavy (non-hydrogen) atoms. The zero-order chi connectivity index (χ0) is 33.4. The monoisotopic (exact) mass is 692 g/mol. The smallest absolute Gasteiger partial charge is 0.247 e. The van der Waals surface area contributed by atoms with Crippen LogP contribution in [0.2, 0.25) is 10.0 Å². The summed E-state index contributed by atoms with van der Waals surface area (Å²) in [5, 5.41) is 9.15. The van der Waals surface area contributed by atoms with Gasteiger partial charge in [0, 0.05) is 62.9 Å². The van der Waals surface area contributed by atoms with E-state index in [-0.39, 0.29) is 11.9 Å². The Morgan fingerprint density at radius 1 is 1.08 bits per heavy atom. The summed E-state index contributed by atoms with van der Waals surface area (Å²) in [4.78, 5) is 35.3. The van der Waals surface area contributed by atoms with Crippen molar-refractivity contribution in [2.24, 2.45) is 0 Å². The molecular formula is C35H42Cl2N8O3. The number of fused-ring (bicyclic) bond motifs is 2. The summed E-state index contributed by atoms with van der Waals surface area (Å²) in [5.74, 6) is 1.44. The molecule has 4 saturated heterocycles. The van der Waals surface area contributed by atoms with Crippen molar-refractivity contribution in [2.45, 2.75) is 56.8 Å².